The van der Waals surface area contributed by atoms with Crippen molar-refractivity contribution in [2.45, 2.75) is 12.5 Å². The largest absolute Gasteiger partial charge is 0.313 e. The molecule has 2 aromatic rings. The van der Waals surface area contributed by atoms with Crippen molar-refractivity contribution < 1.29 is 0 Å². The molecule has 1 unspecified atom stereocenters. The average Bonchev–Trinajstić information content (AvgIpc) is 2.70. The molecule has 0 aliphatic heterocycles. The first-order valence-corrected chi connectivity index (χ1v) is 6.87. The van der Waals surface area contributed by atoms with Crippen LogP contribution in [0, 0.1) is 0 Å². The lowest BCUT2D eigenvalue weighted by molar-refractivity contribution is 0.577. The summed E-state index contributed by atoms with van der Waals surface area (Å²) in [6, 6.07) is 8.18. The molecule has 0 saturated heterocycles. The monoisotopic (exact) mass is 327 g/mol. The molecule has 1 aromatic carbocycles. The molecule has 3 nitrogen and oxygen atoms in total. The zero-order valence-electron chi connectivity index (χ0n) is 10.3. The molecule has 0 radical (unpaired) electrons. The van der Waals surface area contributed by atoms with Crippen molar-refractivity contribution >= 4 is 27.5 Å². The van der Waals surface area contributed by atoms with Crippen LogP contribution in [0.4, 0.5) is 0 Å². The van der Waals surface area contributed by atoms with Gasteiger partial charge in [0.15, 0.2) is 0 Å². The quantitative estimate of drug-likeness (QED) is 0.933. The fourth-order valence-corrected chi connectivity index (χ4v) is 2.83. The molecule has 96 valence electrons. The van der Waals surface area contributed by atoms with Crippen LogP contribution in [0.1, 0.15) is 17.3 Å². The number of halogens is 2. The Balaban J connectivity index is 2.22. The van der Waals surface area contributed by atoms with Crippen molar-refractivity contribution in [3.8, 4) is 0 Å². The minimum Gasteiger partial charge on any atom is -0.313 e. The van der Waals surface area contributed by atoms with Crippen LogP contribution >= 0.6 is 27.5 Å². The van der Waals surface area contributed by atoms with Gasteiger partial charge in [-0.25, -0.2) is 0 Å². The molecule has 0 saturated carbocycles. The van der Waals surface area contributed by atoms with Gasteiger partial charge >= 0.3 is 0 Å². The Kier molecular flexibility index (Phi) is 4.43. The molecule has 0 bridgehead atoms. The lowest BCUT2D eigenvalue weighted by Gasteiger charge is -2.16. The zero-order valence-corrected chi connectivity index (χ0v) is 12.7. The predicted octanol–water partition coefficient (Wildman–Crippen LogP) is 3.34. The van der Waals surface area contributed by atoms with Crippen LogP contribution < -0.4 is 5.32 Å². The molecule has 2 rings (SSSR count). The average molecular weight is 329 g/mol. The molecule has 5 heteroatoms. The molecule has 1 aromatic heterocycles. The normalized spacial score (nSPS) is 12.7. The lowest BCUT2D eigenvalue weighted by atomic mass is 10.0. The number of nitrogens with one attached hydrogen (secondary N) is 1. The second kappa shape index (κ2) is 5.87. The minimum atomic E-state index is 0.204. The van der Waals surface area contributed by atoms with Crippen molar-refractivity contribution in [1.29, 1.82) is 0 Å². The van der Waals surface area contributed by atoms with E-state index in [0.717, 1.165) is 27.2 Å². The number of nitrogens with zero attached hydrogens (tertiary/aromatic N) is 2. The van der Waals surface area contributed by atoms with Crippen LogP contribution in [-0.4, -0.2) is 16.8 Å². The maximum atomic E-state index is 6.08. The second-order valence-corrected chi connectivity index (χ2v) is 5.58. The molecule has 1 heterocycles. The molecule has 1 atom stereocenters. The van der Waals surface area contributed by atoms with Crippen LogP contribution in [0.5, 0.6) is 0 Å². The van der Waals surface area contributed by atoms with Gasteiger partial charge in [0.2, 0.25) is 0 Å². The number of benzene rings is 1. The molecular weight excluding hydrogens is 314 g/mol. The van der Waals surface area contributed by atoms with Crippen LogP contribution in [0.3, 0.4) is 0 Å². The van der Waals surface area contributed by atoms with E-state index in [0.29, 0.717) is 0 Å². The molecule has 0 amide bonds. The van der Waals surface area contributed by atoms with Gasteiger partial charge in [-0.3, -0.25) is 4.68 Å². The number of aromatic nitrogens is 2. The van der Waals surface area contributed by atoms with Gasteiger partial charge in [0, 0.05) is 35.2 Å². The summed E-state index contributed by atoms with van der Waals surface area (Å²) in [6.07, 6.45) is 2.79. The molecule has 1 N–H and O–H groups in total. The second-order valence-electron chi connectivity index (χ2n) is 4.23. The first-order valence-electron chi connectivity index (χ1n) is 5.70. The lowest BCUT2D eigenvalue weighted by Crippen LogP contribution is -2.19. The number of hydrogen-bond donors (Lipinski definition) is 1. The van der Waals surface area contributed by atoms with Crippen molar-refractivity contribution in [3.63, 3.8) is 0 Å². The van der Waals surface area contributed by atoms with Crippen molar-refractivity contribution in [3.05, 3.63) is 51.2 Å². The summed E-state index contributed by atoms with van der Waals surface area (Å²) in [5, 5.41) is 8.44. The van der Waals surface area contributed by atoms with E-state index < -0.39 is 0 Å². The number of aryl methyl sites for hydroxylation is 1. The maximum Gasteiger partial charge on any atom is 0.0643 e. The van der Waals surface area contributed by atoms with Gasteiger partial charge in [-0.1, -0.05) is 27.5 Å². The molecule has 0 aliphatic rings. The summed E-state index contributed by atoms with van der Waals surface area (Å²) in [6.45, 7) is 0. The summed E-state index contributed by atoms with van der Waals surface area (Å²) >= 11 is 9.55. The smallest absolute Gasteiger partial charge is 0.0643 e. The Bertz CT molecular complexity index is 519. The van der Waals surface area contributed by atoms with Crippen molar-refractivity contribution in [2.75, 3.05) is 7.05 Å². The highest BCUT2D eigenvalue weighted by atomic mass is 79.9. The summed E-state index contributed by atoms with van der Waals surface area (Å²) < 4.78 is 2.81. The third-order valence-corrected chi connectivity index (χ3v) is 3.49. The van der Waals surface area contributed by atoms with Gasteiger partial charge in [-0.05, 0) is 36.9 Å². The van der Waals surface area contributed by atoms with Crippen LogP contribution in [0.2, 0.25) is 5.02 Å². The first-order chi connectivity index (χ1) is 8.58. The summed E-state index contributed by atoms with van der Waals surface area (Å²) in [4.78, 5) is 0. The van der Waals surface area contributed by atoms with Crippen LogP contribution in [0.25, 0.3) is 0 Å². The van der Waals surface area contributed by atoms with Gasteiger partial charge in [0.1, 0.15) is 0 Å². The SMILES string of the molecule is CNC(Cc1ccn(C)n1)c1cc(Cl)cc(Br)c1. The van der Waals surface area contributed by atoms with E-state index in [4.69, 9.17) is 11.6 Å². The van der Waals surface area contributed by atoms with Gasteiger partial charge in [-0.2, -0.15) is 5.10 Å². The van der Waals surface area contributed by atoms with Crippen LogP contribution in [0.15, 0.2) is 34.9 Å². The molecular formula is C13H15BrClN3. The fourth-order valence-electron chi connectivity index (χ4n) is 1.94. The highest BCUT2D eigenvalue weighted by molar-refractivity contribution is 9.10. The minimum absolute atomic E-state index is 0.204. The van der Waals surface area contributed by atoms with Gasteiger partial charge in [0.25, 0.3) is 0 Å². The topological polar surface area (TPSA) is 29.9 Å². The highest BCUT2D eigenvalue weighted by Gasteiger charge is 2.13. The van der Waals surface area contributed by atoms with E-state index in [-0.39, 0.29) is 6.04 Å². The van der Waals surface area contributed by atoms with Crippen molar-refractivity contribution in [2.24, 2.45) is 7.05 Å². The van der Waals surface area contributed by atoms with Crippen LogP contribution in [-0.2, 0) is 13.5 Å². The zero-order chi connectivity index (χ0) is 13.1. The molecule has 0 aliphatic carbocycles. The highest BCUT2D eigenvalue weighted by Crippen LogP contribution is 2.25. The van der Waals surface area contributed by atoms with Crippen molar-refractivity contribution in [1.82, 2.24) is 15.1 Å². The van der Waals surface area contributed by atoms with Gasteiger partial charge in [-0.15, -0.1) is 0 Å². The van der Waals surface area contributed by atoms with E-state index in [2.05, 4.69) is 32.4 Å². The Morgan fingerprint density at radius 1 is 1.44 bits per heavy atom. The molecule has 18 heavy (non-hydrogen) atoms. The van der Waals surface area contributed by atoms with Gasteiger partial charge in [0.05, 0.1) is 5.69 Å². The Morgan fingerprint density at radius 2 is 2.22 bits per heavy atom. The summed E-state index contributed by atoms with van der Waals surface area (Å²) in [5.74, 6) is 0. The Morgan fingerprint density at radius 3 is 2.78 bits per heavy atom. The van der Waals surface area contributed by atoms with E-state index in [1.54, 1.807) is 0 Å². The standard InChI is InChI=1S/C13H15BrClN3/c1-16-13(8-12-3-4-18(2)17-12)9-5-10(14)7-11(15)6-9/h3-7,13,16H,8H2,1-2H3. The van der Waals surface area contributed by atoms with Gasteiger partial charge < -0.3 is 5.32 Å². The fraction of sp³-hybridized carbons (Fsp3) is 0.308. The summed E-state index contributed by atoms with van der Waals surface area (Å²) in [5.41, 5.74) is 2.22. The third kappa shape index (κ3) is 3.34. The third-order valence-electron chi connectivity index (χ3n) is 2.82. The number of hydrogen-bond acceptors (Lipinski definition) is 2. The van der Waals surface area contributed by atoms with E-state index in [1.165, 1.54) is 0 Å². The maximum absolute atomic E-state index is 6.08. The van der Waals surface area contributed by atoms with E-state index >= 15 is 0 Å². The summed E-state index contributed by atoms with van der Waals surface area (Å²) in [7, 11) is 3.87. The Labute approximate surface area is 120 Å². The number of rotatable bonds is 4. The molecule has 0 fully saturated rings. The van der Waals surface area contributed by atoms with E-state index in [1.807, 2.05) is 43.2 Å². The first kappa shape index (κ1) is 13.6. The molecule has 0 spiro atoms. The Hall–Kier alpha value is -0.840. The predicted molar refractivity (Wildman–Crippen MR) is 77.9 cm³/mol. The van der Waals surface area contributed by atoms with E-state index in [9.17, 15) is 0 Å². The number of likely N-dealkylation sites (N-methyl/N-ethyl adjacent to an activating group) is 1.